The maximum atomic E-state index is 10.4. The molecule has 0 saturated carbocycles. The first-order valence-corrected chi connectivity index (χ1v) is 10.7. The second-order valence-electron chi connectivity index (χ2n) is 7.51. The molecule has 4 rings (SSSR count). The first-order chi connectivity index (χ1) is 13.5. The largest absolute Gasteiger partial charge is 0.394 e. The number of rotatable bonds is 4. The van der Waals surface area contributed by atoms with Crippen molar-refractivity contribution in [2.45, 2.75) is 54.7 Å². The molecule has 1 fully saturated rings. The summed E-state index contributed by atoms with van der Waals surface area (Å²) in [5, 5.41) is 40.0. The van der Waals surface area contributed by atoms with Crippen LogP contribution in [0.5, 0.6) is 0 Å². The second kappa shape index (κ2) is 8.14. The Morgan fingerprint density at radius 3 is 2.36 bits per heavy atom. The molecule has 6 atom stereocenters. The van der Waals surface area contributed by atoms with Crippen LogP contribution in [0.1, 0.15) is 41.2 Å². The molecule has 2 aliphatic heterocycles. The normalized spacial score (nSPS) is 32.3. The molecule has 2 aromatic carbocycles. The van der Waals surface area contributed by atoms with Gasteiger partial charge in [0, 0.05) is 16.6 Å². The summed E-state index contributed by atoms with van der Waals surface area (Å²) >= 11 is 1.81. The Balaban J connectivity index is 1.64. The van der Waals surface area contributed by atoms with Crippen molar-refractivity contribution < 1.29 is 25.2 Å². The fraction of sp³-hybridized carbons (Fsp3) is 0.455. The molecule has 0 radical (unpaired) electrons. The monoisotopic (exact) mass is 402 g/mol. The fourth-order valence-corrected chi connectivity index (χ4v) is 5.30. The molecule has 28 heavy (non-hydrogen) atoms. The molecule has 2 aromatic rings. The minimum absolute atomic E-state index is 0.260. The Morgan fingerprint density at radius 2 is 1.68 bits per heavy atom. The van der Waals surface area contributed by atoms with E-state index < -0.39 is 37.1 Å². The summed E-state index contributed by atoms with van der Waals surface area (Å²) in [6.07, 6.45) is -4.65. The zero-order valence-electron chi connectivity index (χ0n) is 15.7. The molecule has 0 bridgehead atoms. The van der Waals surface area contributed by atoms with Crippen molar-refractivity contribution in [1.82, 2.24) is 0 Å². The summed E-state index contributed by atoms with van der Waals surface area (Å²) in [4.78, 5) is 1.21. The van der Waals surface area contributed by atoms with Crippen molar-refractivity contribution >= 4 is 11.8 Å². The van der Waals surface area contributed by atoms with E-state index in [1.165, 1.54) is 21.6 Å². The van der Waals surface area contributed by atoms with Crippen molar-refractivity contribution in [3.63, 3.8) is 0 Å². The summed E-state index contributed by atoms with van der Waals surface area (Å²) in [6.45, 7) is 1.72. The smallest absolute Gasteiger partial charge is 0.113 e. The molecule has 2 aliphatic rings. The Hall–Kier alpha value is -1.41. The lowest BCUT2D eigenvalue weighted by molar-refractivity contribution is -0.231. The average Bonchev–Trinajstić information content (AvgIpc) is 3.15. The van der Waals surface area contributed by atoms with E-state index in [2.05, 4.69) is 31.2 Å². The molecule has 0 amide bonds. The SMILES string of the molecule is CCc1ccc(C2CSc3ccc(C4OC(CO)C(O)C(O)C4O)cc32)cc1. The van der Waals surface area contributed by atoms with Gasteiger partial charge in [-0.15, -0.1) is 11.8 Å². The number of aliphatic hydroxyl groups excluding tert-OH is 4. The standard InChI is InChI=1S/C22H26O5S/c1-2-12-3-5-13(6-4-12)16-11-28-18-8-7-14(9-15(16)18)22-21(26)20(25)19(24)17(10-23)27-22/h3-9,16-17,19-26H,2,10-11H2,1H3. The zero-order chi connectivity index (χ0) is 19.8. The highest BCUT2D eigenvalue weighted by Crippen LogP contribution is 2.45. The van der Waals surface area contributed by atoms with Gasteiger partial charge < -0.3 is 25.2 Å². The van der Waals surface area contributed by atoms with Gasteiger partial charge in [0.2, 0.25) is 0 Å². The quantitative estimate of drug-likeness (QED) is 0.626. The third-order valence-electron chi connectivity index (χ3n) is 5.83. The average molecular weight is 403 g/mol. The number of benzene rings is 2. The van der Waals surface area contributed by atoms with Gasteiger partial charge in [0.1, 0.15) is 30.5 Å². The van der Waals surface area contributed by atoms with E-state index in [1.54, 1.807) is 0 Å². The predicted molar refractivity (Wildman–Crippen MR) is 108 cm³/mol. The molecular formula is C22H26O5S. The van der Waals surface area contributed by atoms with E-state index in [0.29, 0.717) is 0 Å². The summed E-state index contributed by atoms with van der Waals surface area (Å²) < 4.78 is 5.73. The minimum atomic E-state index is -1.36. The summed E-state index contributed by atoms with van der Waals surface area (Å²) in [5.41, 5.74) is 4.50. The van der Waals surface area contributed by atoms with E-state index >= 15 is 0 Å². The molecule has 5 nitrogen and oxygen atoms in total. The third kappa shape index (κ3) is 3.49. The number of hydrogen-bond acceptors (Lipinski definition) is 6. The zero-order valence-corrected chi connectivity index (χ0v) is 16.5. The van der Waals surface area contributed by atoms with Crippen LogP contribution in [-0.4, -0.2) is 57.2 Å². The molecule has 4 N–H and O–H groups in total. The Kier molecular flexibility index (Phi) is 5.78. The molecule has 6 heteroatoms. The molecule has 2 heterocycles. The lowest BCUT2D eigenvalue weighted by Gasteiger charge is -2.40. The van der Waals surface area contributed by atoms with Crippen LogP contribution in [0.2, 0.25) is 0 Å². The molecule has 0 aliphatic carbocycles. The Labute approximate surface area is 169 Å². The number of thioether (sulfide) groups is 1. The van der Waals surface area contributed by atoms with Crippen LogP contribution >= 0.6 is 11.8 Å². The molecular weight excluding hydrogens is 376 g/mol. The van der Waals surface area contributed by atoms with Gasteiger partial charge in [0.05, 0.1) is 6.61 Å². The van der Waals surface area contributed by atoms with E-state index in [-0.39, 0.29) is 5.92 Å². The van der Waals surface area contributed by atoms with Gasteiger partial charge >= 0.3 is 0 Å². The molecule has 1 saturated heterocycles. The van der Waals surface area contributed by atoms with Crippen molar-refractivity contribution in [3.8, 4) is 0 Å². The fourth-order valence-electron chi connectivity index (χ4n) is 4.05. The lowest BCUT2D eigenvalue weighted by Crippen LogP contribution is -2.55. The Bertz CT molecular complexity index is 822. The van der Waals surface area contributed by atoms with E-state index in [0.717, 1.165) is 17.7 Å². The second-order valence-corrected chi connectivity index (χ2v) is 8.57. The van der Waals surface area contributed by atoms with Crippen molar-refractivity contribution in [3.05, 3.63) is 64.7 Å². The Morgan fingerprint density at radius 1 is 0.964 bits per heavy atom. The number of ether oxygens (including phenoxy) is 1. The van der Waals surface area contributed by atoms with Gasteiger partial charge in [0.15, 0.2) is 0 Å². The highest BCUT2D eigenvalue weighted by molar-refractivity contribution is 7.99. The van der Waals surface area contributed by atoms with Gasteiger partial charge in [-0.1, -0.05) is 43.3 Å². The summed E-state index contributed by atoms with van der Waals surface area (Å²) in [6, 6.07) is 14.6. The van der Waals surface area contributed by atoms with Crippen LogP contribution in [0, 0.1) is 0 Å². The molecule has 150 valence electrons. The van der Waals surface area contributed by atoms with Gasteiger partial charge in [-0.2, -0.15) is 0 Å². The molecule has 6 unspecified atom stereocenters. The van der Waals surface area contributed by atoms with Gasteiger partial charge in [0.25, 0.3) is 0 Å². The highest BCUT2D eigenvalue weighted by atomic mass is 32.2. The number of hydrogen-bond donors (Lipinski definition) is 4. The van der Waals surface area contributed by atoms with Crippen molar-refractivity contribution in [1.29, 1.82) is 0 Å². The maximum Gasteiger partial charge on any atom is 0.113 e. The maximum absolute atomic E-state index is 10.4. The molecule has 0 spiro atoms. The van der Waals surface area contributed by atoms with Crippen LogP contribution in [-0.2, 0) is 11.2 Å². The van der Waals surface area contributed by atoms with Crippen LogP contribution in [0.15, 0.2) is 47.4 Å². The van der Waals surface area contributed by atoms with Crippen LogP contribution in [0.3, 0.4) is 0 Å². The predicted octanol–water partition coefficient (Wildman–Crippen LogP) is 2.00. The van der Waals surface area contributed by atoms with E-state index in [1.807, 2.05) is 30.0 Å². The minimum Gasteiger partial charge on any atom is -0.394 e. The van der Waals surface area contributed by atoms with E-state index in [9.17, 15) is 20.4 Å². The first kappa shape index (κ1) is 19.9. The van der Waals surface area contributed by atoms with Gasteiger partial charge in [-0.25, -0.2) is 0 Å². The van der Waals surface area contributed by atoms with Crippen molar-refractivity contribution in [2.24, 2.45) is 0 Å². The first-order valence-electron chi connectivity index (χ1n) is 9.69. The number of fused-ring (bicyclic) bond motifs is 1. The van der Waals surface area contributed by atoms with Gasteiger partial charge in [-0.05, 0) is 34.7 Å². The topological polar surface area (TPSA) is 90.2 Å². The summed E-state index contributed by atoms with van der Waals surface area (Å²) in [5.74, 6) is 1.22. The van der Waals surface area contributed by atoms with E-state index in [4.69, 9.17) is 4.74 Å². The summed E-state index contributed by atoms with van der Waals surface area (Å²) in [7, 11) is 0. The number of aliphatic hydroxyl groups is 4. The lowest BCUT2D eigenvalue weighted by atomic mass is 9.87. The van der Waals surface area contributed by atoms with Crippen LogP contribution < -0.4 is 0 Å². The molecule has 0 aromatic heterocycles. The third-order valence-corrected chi connectivity index (χ3v) is 7.01. The van der Waals surface area contributed by atoms with Crippen molar-refractivity contribution in [2.75, 3.05) is 12.4 Å². The van der Waals surface area contributed by atoms with Crippen LogP contribution in [0.4, 0.5) is 0 Å². The highest BCUT2D eigenvalue weighted by Gasteiger charge is 2.44. The van der Waals surface area contributed by atoms with Gasteiger partial charge in [-0.3, -0.25) is 0 Å². The number of aryl methyl sites for hydroxylation is 1. The van der Waals surface area contributed by atoms with Crippen LogP contribution in [0.25, 0.3) is 0 Å².